The molecule has 98 valence electrons. The van der Waals surface area contributed by atoms with Crippen LogP contribution in [0.3, 0.4) is 0 Å². The lowest BCUT2D eigenvalue weighted by Crippen LogP contribution is -2.63. The van der Waals surface area contributed by atoms with Crippen LogP contribution in [-0.2, 0) is 9.53 Å². The highest BCUT2D eigenvalue weighted by Gasteiger charge is 2.33. The average Bonchev–Trinajstić information content (AvgIpc) is 2.23. The fraction of sp³-hybridized carbons (Fsp3) is 0.917. The van der Waals surface area contributed by atoms with Gasteiger partial charge in [0, 0.05) is 45.3 Å². The number of rotatable bonds is 4. The summed E-state index contributed by atoms with van der Waals surface area (Å²) in [7, 11) is 0. The molecule has 5 nitrogen and oxygen atoms in total. The van der Waals surface area contributed by atoms with Gasteiger partial charge >= 0.3 is 5.97 Å². The molecule has 0 spiro atoms. The summed E-state index contributed by atoms with van der Waals surface area (Å²) in [4.78, 5) is 16.1. The largest absolute Gasteiger partial charge is 0.462 e. The van der Waals surface area contributed by atoms with Gasteiger partial charge in [-0.2, -0.15) is 0 Å². The monoisotopic (exact) mass is 241 g/mol. The van der Waals surface area contributed by atoms with E-state index in [0.29, 0.717) is 12.6 Å². The summed E-state index contributed by atoms with van der Waals surface area (Å²) in [5.41, 5.74) is 0. The maximum absolute atomic E-state index is 11.5. The Balaban J connectivity index is 1.63. The van der Waals surface area contributed by atoms with Crippen molar-refractivity contribution < 1.29 is 9.53 Å². The lowest BCUT2D eigenvalue weighted by molar-refractivity contribution is -0.150. The minimum Gasteiger partial charge on any atom is -0.462 e. The Bertz CT molecular complexity index is 258. The third-order valence-corrected chi connectivity index (χ3v) is 3.33. The zero-order valence-electron chi connectivity index (χ0n) is 10.8. The molecule has 0 radical (unpaired) electrons. The minimum atomic E-state index is -0.0984. The van der Waals surface area contributed by atoms with Crippen molar-refractivity contribution in [3.63, 3.8) is 0 Å². The first-order chi connectivity index (χ1) is 8.15. The van der Waals surface area contributed by atoms with Crippen molar-refractivity contribution in [3.8, 4) is 0 Å². The molecule has 2 aliphatic rings. The number of carbonyl (C=O) groups is 1. The van der Waals surface area contributed by atoms with Gasteiger partial charge in [-0.1, -0.05) is 0 Å². The standard InChI is InChI=1S/C12H23N3O2/c1-10(2)17-12(16)9-14-7-11(8-14)15-5-3-13-4-6-15/h10-11,13H,3-9H2,1-2H3. The normalized spacial score (nSPS) is 23.7. The van der Waals surface area contributed by atoms with Gasteiger partial charge in [0.05, 0.1) is 12.6 Å². The van der Waals surface area contributed by atoms with Crippen LogP contribution in [0.1, 0.15) is 13.8 Å². The first kappa shape index (κ1) is 12.8. The van der Waals surface area contributed by atoms with E-state index < -0.39 is 0 Å². The van der Waals surface area contributed by atoms with E-state index in [1.165, 1.54) is 0 Å². The van der Waals surface area contributed by atoms with Crippen LogP contribution >= 0.6 is 0 Å². The summed E-state index contributed by atoms with van der Waals surface area (Å²) in [5.74, 6) is -0.0984. The molecule has 0 bridgehead atoms. The van der Waals surface area contributed by atoms with Crippen LogP contribution in [-0.4, -0.2) is 73.7 Å². The molecule has 0 amide bonds. The van der Waals surface area contributed by atoms with Gasteiger partial charge in [0.1, 0.15) is 0 Å². The van der Waals surface area contributed by atoms with Gasteiger partial charge in [-0.3, -0.25) is 14.6 Å². The second-order valence-corrected chi connectivity index (χ2v) is 5.17. The molecule has 0 aliphatic carbocycles. The number of likely N-dealkylation sites (tertiary alicyclic amines) is 1. The van der Waals surface area contributed by atoms with E-state index in [2.05, 4.69) is 15.1 Å². The molecular weight excluding hydrogens is 218 g/mol. The number of piperazine rings is 1. The molecule has 0 aromatic carbocycles. The molecule has 0 atom stereocenters. The molecule has 1 N–H and O–H groups in total. The number of ether oxygens (including phenoxy) is 1. The third kappa shape index (κ3) is 3.66. The van der Waals surface area contributed by atoms with Gasteiger partial charge in [-0.25, -0.2) is 0 Å². The highest BCUT2D eigenvalue weighted by atomic mass is 16.5. The number of carbonyl (C=O) groups excluding carboxylic acids is 1. The Morgan fingerprint density at radius 1 is 1.35 bits per heavy atom. The van der Waals surface area contributed by atoms with Crippen LogP contribution in [0, 0.1) is 0 Å². The first-order valence-corrected chi connectivity index (χ1v) is 6.52. The van der Waals surface area contributed by atoms with E-state index in [1.807, 2.05) is 13.8 Å². The first-order valence-electron chi connectivity index (χ1n) is 6.52. The molecule has 0 saturated carbocycles. The molecule has 17 heavy (non-hydrogen) atoms. The lowest BCUT2D eigenvalue weighted by atomic mass is 10.1. The molecule has 5 heteroatoms. The fourth-order valence-electron chi connectivity index (χ4n) is 2.43. The van der Waals surface area contributed by atoms with Crippen molar-refractivity contribution in [1.29, 1.82) is 0 Å². The van der Waals surface area contributed by atoms with Crippen LogP contribution in [0.15, 0.2) is 0 Å². The van der Waals surface area contributed by atoms with Crippen molar-refractivity contribution >= 4 is 5.97 Å². The zero-order chi connectivity index (χ0) is 12.3. The molecule has 2 heterocycles. The van der Waals surface area contributed by atoms with E-state index >= 15 is 0 Å². The Kier molecular flexibility index (Phi) is 4.36. The van der Waals surface area contributed by atoms with E-state index in [-0.39, 0.29) is 12.1 Å². The Labute approximate surface area is 103 Å². The zero-order valence-corrected chi connectivity index (χ0v) is 10.8. The molecule has 2 saturated heterocycles. The van der Waals surface area contributed by atoms with Gasteiger partial charge in [0.25, 0.3) is 0 Å². The Hall–Kier alpha value is -0.650. The third-order valence-electron chi connectivity index (χ3n) is 3.33. The molecule has 0 aromatic rings. The van der Waals surface area contributed by atoms with E-state index in [0.717, 1.165) is 39.3 Å². The van der Waals surface area contributed by atoms with Crippen LogP contribution in [0.25, 0.3) is 0 Å². The fourth-order valence-corrected chi connectivity index (χ4v) is 2.43. The van der Waals surface area contributed by atoms with E-state index in [9.17, 15) is 4.79 Å². The van der Waals surface area contributed by atoms with Crippen molar-refractivity contribution in [2.75, 3.05) is 45.8 Å². The summed E-state index contributed by atoms with van der Waals surface area (Å²) in [6.07, 6.45) is -0.00672. The van der Waals surface area contributed by atoms with E-state index in [4.69, 9.17) is 4.74 Å². The maximum Gasteiger partial charge on any atom is 0.320 e. The van der Waals surface area contributed by atoms with Crippen molar-refractivity contribution in [3.05, 3.63) is 0 Å². The summed E-state index contributed by atoms with van der Waals surface area (Å²) in [6.45, 7) is 10.7. The highest BCUT2D eigenvalue weighted by Crippen LogP contribution is 2.15. The van der Waals surface area contributed by atoms with Crippen molar-refractivity contribution in [2.45, 2.75) is 26.0 Å². The van der Waals surface area contributed by atoms with E-state index in [1.54, 1.807) is 0 Å². The highest BCUT2D eigenvalue weighted by molar-refractivity contribution is 5.72. The molecular formula is C12H23N3O2. The average molecular weight is 241 g/mol. The predicted molar refractivity (Wildman–Crippen MR) is 65.9 cm³/mol. The number of esters is 1. The van der Waals surface area contributed by atoms with Crippen LogP contribution in [0.2, 0.25) is 0 Å². The molecule has 2 fully saturated rings. The number of nitrogens with one attached hydrogen (secondary N) is 1. The summed E-state index contributed by atoms with van der Waals surface area (Å²) < 4.78 is 5.13. The lowest BCUT2D eigenvalue weighted by Gasteiger charge is -2.46. The van der Waals surface area contributed by atoms with Gasteiger partial charge in [0.15, 0.2) is 0 Å². The summed E-state index contributed by atoms with van der Waals surface area (Å²) in [5, 5.41) is 3.35. The number of nitrogens with zero attached hydrogens (tertiary/aromatic N) is 2. The molecule has 2 aliphatic heterocycles. The van der Waals surface area contributed by atoms with Crippen LogP contribution < -0.4 is 5.32 Å². The minimum absolute atomic E-state index is 0.00672. The Morgan fingerprint density at radius 2 is 2.00 bits per heavy atom. The van der Waals surface area contributed by atoms with Crippen LogP contribution in [0.5, 0.6) is 0 Å². The quantitative estimate of drug-likeness (QED) is 0.674. The maximum atomic E-state index is 11.5. The second-order valence-electron chi connectivity index (χ2n) is 5.17. The number of hydrogen-bond donors (Lipinski definition) is 1. The van der Waals surface area contributed by atoms with Gasteiger partial charge in [0.2, 0.25) is 0 Å². The smallest absolute Gasteiger partial charge is 0.320 e. The van der Waals surface area contributed by atoms with Gasteiger partial charge < -0.3 is 10.1 Å². The van der Waals surface area contributed by atoms with Gasteiger partial charge in [-0.05, 0) is 13.8 Å². The Morgan fingerprint density at radius 3 is 2.59 bits per heavy atom. The van der Waals surface area contributed by atoms with Crippen LogP contribution in [0.4, 0.5) is 0 Å². The molecule has 2 rings (SSSR count). The van der Waals surface area contributed by atoms with Crippen molar-refractivity contribution in [1.82, 2.24) is 15.1 Å². The topological polar surface area (TPSA) is 44.8 Å². The number of hydrogen-bond acceptors (Lipinski definition) is 5. The van der Waals surface area contributed by atoms with Crippen molar-refractivity contribution in [2.24, 2.45) is 0 Å². The SMILES string of the molecule is CC(C)OC(=O)CN1CC(N2CCNCC2)C1. The predicted octanol–water partition coefficient (Wildman–Crippen LogP) is -0.473. The van der Waals surface area contributed by atoms with Gasteiger partial charge in [-0.15, -0.1) is 0 Å². The molecule has 0 aromatic heterocycles. The molecule has 0 unspecified atom stereocenters. The second kappa shape index (κ2) is 5.80. The summed E-state index contributed by atoms with van der Waals surface area (Å²) >= 11 is 0. The summed E-state index contributed by atoms with van der Waals surface area (Å²) in [6, 6.07) is 0.643.